The third kappa shape index (κ3) is 6.23. The molecule has 1 amide bonds. The highest BCUT2D eigenvalue weighted by atomic mass is 32.2. The lowest BCUT2D eigenvalue weighted by Gasteiger charge is -2.37. The molecule has 0 bridgehead atoms. The highest BCUT2D eigenvalue weighted by Crippen LogP contribution is 2.34. The first-order valence-electron chi connectivity index (χ1n) is 10.8. The van der Waals surface area contributed by atoms with Gasteiger partial charge in [-0.05, 0) is 31.5 Å². The molecule has 0 spiro atoms. The van der Waals surface area contributed by atoms with Gasteiger partial charge >= 0.3 is 0 Å². The first kappa shape index (κ1) is 26.1. The Hall–Kier alpha value is -2.12. The van der Waals surface area contributed by atoms with Gasteiger partial charge in [0.1, 0.15) is 23.4 Å². The second-order valence-electron chi connectivity index (χ2n) is 8.16. The molecule has 0 saturated carbocycles. The summed E-state index contributed by atoms with van der Waals surface area (Å²) in [6, 6.07) is 4.20. The minimum absolute atomic E-state index is 0.0293. The van der Waals surface area contributed by atoms with Crippen molar-refractivity contribution in [1.29, 1.82) is 0 Å². The Morgan fingerprint density at radius 1 is 1.44 bits per heavy atom. The van der Waals surface area contributed by atoms with E-state index < -0.39 is 22.2 Å². The molecule has 0 unspecified atom stereocenters. The molecule has 0 saturated heterocycles. The lowest BCUT2D eigenvalue weighted by atomic mass is 10.0. The average Bonchev–Trinajstić information content (AvgIpc) is 2.75. The van der Waals surface area contributed by atoms with Crippen LogP contribution in [0, 0.1) is 17.8 Å². The second kappa shape index (κ2) is 11.7. The number of sulfonamides is 1. The Morgan fingerprint density at radius 2 is 2.16 bits per heavy atom. The molecule has 9 heteroatoms. The van der Waals surface area contributed by atoms with Crippen LogP contribution in [0.5, 0.6) is 5.75 Å². The maximum atomic E-state index is 13.4. The molecule has 0 aromatic heterocycles. The van der Waals surface area contributed by atoms with Gasteiger partial charge in [-0.3, -0.25) is 4.79 Å². The molecule has 8 nitrogen and oxygen atoms in total. The number of unbranched alkanes of at least 4 members (excludes halogenated alkanes) is 1. The summed E-state index contributed by atoms with van der Waals surface area (Å²) in [7, 11) is -0.789. The molecule has 178 valence electrons. The monoisotopic (exact) mass is 466 g/mol. The van der Waals surface area contributed by atoms with Crippen molar-refractivity contribution < 1.29 is 27.8 Å². The average molecular weight is 467 g/mol. The first-order chi connectivity index (χ1) is 15.1. The molecule has 2 rings (SSSR count). The number of methoxy groups -OCH3 is 1. The quantitative estimate of drug-likeness (QED) is 0.615. The van der Waals surface area contributed by atoms with Gasteiger partial charge in [0.25, 0.3) is 0 Å². The van der Waals surface area contributed by atoms with Crippen LogP contribution in [-0.2, 0) is 19.6 Å². The Kier molecular flexibility index (Phi) is 9.52. The summed E-state index contributed by atoms with van der Waals surface area (Å²) >= 11 is 0. The third-order valence-electron chi connectivity index (χ3n) is 5.42. The second-order valence-corrected chi connectivity index (χ2v) is 10.0. The number of nitrogens with zero attached hydrogens (tertiary/aromatic N) is 2. The van der Waals surface area contributed by atoms with E-state index in [0.717, 1.165) is 12.8 Å². The molecule has 1 aromatic rings. The van der Waals surface area contributed by atoms with Crippen molar-refractivity contribution in [2.75, 3.05) is 40.5 Å². The number of hydrogen-bond donors (Lipinski definition) is 1. The first-order valence-corrected chi connectivity index (χ1v) is 12.2. The number of aliphatic hydroxyl groups is 1. The zero-order valence-electron chi connectivity index (χ0n) is 19.5. The molecule has 1 heterocycles. The van der Waals surface area contributed by atoms with Crippen LogP contribution in [0.25, 0.3) is 0 Å². The molecule has 1 aliphatic heterocycles. The minimum atomic E-state index is -3.91. The van der Waals surface area contributed by atoms with Gasteiger partial charge in [-0.25, -0.2) is 8.42 Å². The topological polar surface area (TPSA) is 96.4 Å². The van der Waals surface area contributed by atoms with Gasteiger partial charge in [0, 0.05) is 44.6 Å². The number of hydrogen-bond acceptors (Lipinski definition) is 6. The molecular formula is C23H34N2O6S. The van der Waals surface area contributed by atoms with Crippen LogP contribution >= 0.6 is 0 Å². The lowest BCUT2D eigenvalue weighted by molar-refractivity contribution is -0.135. The maximum absolute atomic E-state index is 13.4. The number of carbonyl (C=O) groups excluding carboxylic acids is 1. The Bertz CT molecular complexity index is 953. The fourth-order valence-electron chi connectivity index (χ4n) is 3.42. The number of ether oxygens (including phenoxy) is 2. The van der Waals surface area contributed by atoms with Gasteiger partial charge in [-0.1, -0.05) is 25.7 Å². The van der Waals surface area contributed by atoms with Gasteiger partial charge in [-0.2, -0.15) is 4.31 Å². The highest BCUT2D eigenvalue weighted by Gasteiger charge is 2.38. The van der Waals surface area contributed by atoms with Crippen LogP contribution in [0.1, 0.15) is 39.2 Å². The fraction of sp³-hybridized carbons (Fsp3) is 0.609. The Labute approximate surface area is 191 Å². The number of amides is 1. The van der Waals surface area contributed by atoms with E-state index in [-0.39, 0.29) is 48.8 Å². The smallest absolute Gasteiger partial charge is 0.248 e. The number of fused-ring (bicyclic) bond motifs is 1. The van der Waals surface area contributed by atoms with Crippen LogP contribution in [0.15, 0.2) is 23.1 Å². The van der Waals surface area contributed by atoms with Crippen LogP contribution in [0.2, 0.25) is 0 Å². The molecule has 3 atom stereocenters. The number of carbonyl (C=O) groups is 1. The predicted molar refractivity (Wildman–Crippen MR) is 122 cm³/mol. The zero-order valence-corrected chi connectivity index (χ0v) is 20.3. The van der Waals surface area contributed by atoms with Crippen molar-refractivity contribution in [2.45, 2.75) is 50.7 Å². The van der Waals surface area contributed by atoms with Crippen LogP contribution < -0.4 is 4.74 Å². The van der Waals surface area contributed by atoms with Crippen LogP contribution in [-0.4, -0.2) is 81.2 Å². The van der Waals surface area contributed by atoms with Gasteiger partial charge in [0.15, 0.2) is 0 Å². The number of benzene rings is 1. The molecular weight excluding hydrogens is 432 g/mol. The Balaban J connectivity index is 2.52. The molecule has 1 aromatic carbocycles. The third-order valence-corrected chi connectivity index (χ3v) is 7.44. The summed E-state index contributed by atoms with van der Waals surface area (Å²) in [6.45, 7) is 5.64. The van der Waals surface area contributed by atoms with Crippen LogP contribution in [0.3, 0.4) is 0 Å². The van der Waals surface area contributed by atoms with Gasteiger partial charge in [0.2, 0.25) is 15.9 Å². The lowest BCUT2D eigenvalue weighted by Crippen LogP contribution is -2.50. The summed E-state index contributed by atoms with van der Waals surface area (Å²) in [5.41, 5.74) is 0.657. The summed E-state index contributed by atoms with van der Waals surface area (Å²) in [4.78, 5) is 13.8. The summed E-state index contributed by atoms with van der Waals surface area (Å²) in [6.07, 6.45) is 1.20. The van der Waals surface area contributed by atoms with Crippen molar-refractivity contribution in [3.63, 3.8) is 0 Å². The van der Waals surface area contributed by atoms with E-state index in [2.05, 4.69) is 11.8 Å². The van der Waals surface area contributed by atoms with Crippen molar-refractivity contribution in [1.82, 2.24) is 9.21 Å². The number of likely N-dealkylation sites (N-methyl/N-ethyl adjacent to an activating group) is 1. The van der Waals surface area contributed by atoms with E-state index in [1.54, 1.807) is 26.1 Å². The number of aliphatic hydroxyl groups excluding tert-OH is 1. The van der Waals surface area contributed by atoms with Crippen molar-refractivity contribution in [3.05, 3.63) is 23.8 Å². The summed E-state index contributed by atoms with van der Waals surface area (Å²) in [5.74, 6) is 5.86. The van der Waals surface area contributed by atoms with Gasteiger partial charge in [0.05, 0.1) is 13.2 Å². The molecule has 0 radical (unpaired) electrons. The van der Waals surface area contributed by atoms with Crippen molar-refractivity contribution in [2.24, 2.45) is 5.92 Å². The molecule has 1 aliphatic rings. The van der Waals surface area contributed by atoms with Crippen LogP contribution in [0.4, 0.5) is 0 Å². The Morgan fingerprint density at radius 3 is 2.78 bits per heavy atom. The van der Waals surface area contributed by atoms with Crippen molar-refractivity contribution in [3.8, 4) is 17.6 Å². The molecule has 0 fully saturated rings. The standard InChI is InChI=1S/C23H34N2O6S/c1-6-7-8-9-19-10-11-22-20(12-19)31-21(14-24(4)23(27)16-30-5)17(2)13-25(18(3)15-26)32(22,28)29/h10-12,17-18,21,26H,6-7,13-16H2,1-5H3/t17-,18-,21-/m0/s1. The zero-order chi connectivity index (χ0) is 23.9. The minimum Gasteiger partial charge on any atom is -0.487 e. The molecule has 0 aliphatic carbocycles. The largest absolute Gasteiger partial charge is 0.487 e. The van der Waals surface area contributed by atoms with E-state index in [4.69, 9.17) is 9.47 Å². The van der Waals surface area contributed by atoms with E-state index in [9.17, 15) is 18.3 Å². The summed E-state index contributed by atoms with van der Waals surface area (Å²) < 4.78 is 39.3. The fourth-order valence-corrected chi connectivity index (χ4v) is 5.24. The van der Waals surface area contributed by atoms with Gasteiger partial charge in [-0.15, -0.1) is 0 Å². The normalized spacial score (nSPS) is 21.2. The van der Waals surface area contributed by atoms with E-state index in [0.29, 0.717) is 5.56 Å². The molecule has 32 heavy (non-hydrogen) atoms. The molecule has 1 N–H and O–H groups in total. The van der Waals surface area contributed by atoms with E-state index in [1.807, 2.05) is 13.8 Å². The van der Waals surface area contributed by atoms with E-state index >= 15 is 0 Å². The number of rotatable bonds is 7. The van der Waals surface area contributed by atoms with E-state index in [1.165, 1.54) is 22.4 Å². The van der Waals surface area contributed by atoms with Crippen molar-refractivity contribution >= 4 is 15.9 Å². The van der Waals surface area contributed by atoms with Gasteiger partial charge < -0.3 is 19.5 Å². The maximum Gasteiger partial charge on any atom is 0.248 e. The SMILES string of the molecule is CCCC#Cc1ccc2c(c1)O[C@@H](CN(C)C(=O)COC)[C@@H](C)CN([C@@H](C)CO)S2(=O)=O. The highest BCUT2D eigenvalue weighted by molar-refractivity contribution is 7.89. The summed E-state index contributed by atoms with van der Waals surface area (Å²) in [5, 5.41) is 9.70. The predicted octanol–water partition coefficient (Wildman–Crippen LogP) is 1.71.